The average molecular weight is 197 g/mol. The van der Waals surface area contributed by atoms with Crippen LogP contribution in [0.15, 0.2) is 30.3 Å². The van der Waals surface area contributed by atoms with Gasteiger partial charge in [-0.05, 0) is 0 Å². The van der Waals surface area contributed by atoms with E-state index in [1.54, 1.807) is 7.11 Å². The molecule has 1 aromatic rings. The molecule has 1 fully saturated rings. The molecular weight excluding hydrogens is 181 g/mol. The molecule has 3 heteroatoms. The zero-order valence-corrected chi connectivity index (χ0v) is 9.57. The summed E-state index contributed by atoms with van der Waals surface area (Å²) in [7, 11) is 1.75. The number of methoxy groups -OCH3 is 1. The summed E-state index contributed by atoms with van der Waals surface area (Å²) in [5.74, 6) is 0. The molecule has 1 aliphatic heterocycles. The number of nitrogens with zero attached hydrogens (tertiary/aromatic N) is 1. The van der Waals surface area contributed by atoms with E-state index in [9.17, 15) is 0 Å². The van der Waals surface area contributed by atoms with Gasteiger partial charge in [-0.1, -0.05) is 54.3 Å². The Balaban J connectivity index is 0.00000112. The molecule has 2 nitrogen and oxygen atoms in total. The van der Waals surface area contributed by atoms with Crippen molar-refractivity contribution in [3.8, 4) is 0 Å². The van der Waals surface area contributed by atoms with Gasteiger partial charge in [0.15, 0.2) is 0 Å². The first-order valence-corrected chi connectivity index (χ1v) is 5.10. The molecule has 1 atom stereocenters. The molecule has 1 heterocycles. The van der Waals surface area contributed by atoms with Crippen LogP contribution in [0.2, 0.25) is 0 Å². The number of rotatable bonds is 3. The molecule has 0 N–H and O–H groups in total. The molecule has 0 amide bonds. The largest absolute Gasteiger partial charge is 1.00 e. The van der Waals surface area contributed by atoms with Crippen LogP contribution in [0.4, 0.5) is 0 Å². The first-order chi connectivity index (χ1) is 6.87. The van der Waals surface area contributed by atoms with Gasteiger partial charge in [-0.25, -0.2) is 0 Å². The van der Waals surface area contributed by atoms with Crippen LogP contribution in [-0.2, 0) is 10.3 Å². The molecule has 0 spiro atoms. The average Bonchev–Trinajstić information content (AvgIpc) is 2.70. The topological polar surface area (TPSA) is 23.3 Å². The van der Waals surface area contributed by atoms with Crippen molar-refractivity contribution < 1.29 is 23.6 Å². The molecule has 1 saturated heterocycles. The second-order valence-electron chi connectivity index (χ2n) is 3.82. The molecular formula is C12H16LiNO. The van der Waals surface area contributed by atoms with Crippen molar-refractivity contribution >= 4 is 0 Å². The fourth-order valence-corrected chi connectivity index (χ4v) is 2.17. The fourth-order valence-electron chi connectivity index (χ4n) is 2.17. The third kappa shape index (κ3) is 2.65. The third-order valence-corrected chi connectivity index (χ3v) is 2.86. The maximum Gasteiger partial charge on any atom is 1.00 e. The van der Waals surface area contributed by atoms with Crippen LogP contribution in [0, 0.1) is 0 Å². The van der Waals surface area contributed by atoms with Gasteiger partial charge < -0.3 is 10.1 Å². The Morgan fingerprint density at radius 3 is 2.60 bits per heavy atom. The molecule has 0 unspecified atom stereocenters. The first-order valence-electron chi connectivity index (χ1n) is 5.10. The van der Waals surface area contributed by atoms with Crippen LogP contribution in [0.5, 0.6) is 0 Å². The number of benzene rings is 1. The second-order valence-corrected chi connectivity index (χ2v) is 3.82. The van der Waals surface area contributed by atoms with E-state index < -0.39 is 0 Å². The summed E-state index contributed by atoms with van der Waals surface area (Å²) in [5.41, 5.74) is 1.23. The Hall–Kier alpha value is -0.263. The summed E-state index contributed by atoms with van der Waals surface area (Å²) >= 11 is 0. The molecule has 1 aromatic carbocycles. The Bertz CT molecular complexity index is 283. The maximum atomic E-state index is 5.29. The minimum Gasteiger partial charge on any atom is -0.651 e. The maximum absolute atomic E-state index is 5.29. The van der Waals surface area contributed by atoms with Crippen LogP contribution < -0.4 is 18.9 Å². The number of hydrogen-bond donors (Lipinski definition) is 0. The van der Waals surface area contributed by atoms with Gasteiger partial charge >= 0.3 is 18.9 Å². The van der Waals surface area contributed by atoms with Gasteiger partial charge in [0, 0.05) is 13.7 Å². The second kappa shape index (κ2) is 5.72. The summed E-state index contributed by atoms with van der Waals surface area (Å²) in [6.45, 7) is 1.68. The summed E-state index contributed by atoms with van der Waals surface area (Å²) in [6, 6.07) is 10.5. The SMILES string of the molecule is COC[C@]1(c2ccccc2)CCC[N-]1.[Li+]. The van der Waals surface area contributed by atoms with Crippen molar-refractivity contribution in [2.75, 3.05) is 20.3 Å². The van der Waals surface area contributed by atoms with E-state index in [-0.39, 0.29) is 24.4 Å². The first kappa shape index (κ1) is 12.8. The molecule has 0 radical (unpaired) electrons. The fraction of sp³-hybridized carbons (Fsp3) is 0.500. The van der Waals surface area contributed by atoms with Crippen LogP contribution in [0.3, 0.4) is 0 Å². The van der Waals surface area contributed by atoms with Crippen LogP contribution >= 0.6 is 0 Å². The van der Waals surface area contributed by atoms with E-state index in [1.165, 1.54) is 12.0 Å². The van der Waals surface area contributed by atoms with Gasteiger partial charge in [-0.3, -0.25) is 0 Å². The quantitative estimate of drug-likeness (QED) is 0.610. The number of hydrogen-bond acceptors (Lipinski definition) is 1. The Kier molecular flexibility index (Phi) is 4.88. The van der Waals surface area contributed by atoms with E-state index in [0.717, 1.165) is 13.0 Å². The molecule has 2 rings (SSSR count). The van der Waals surface area contributed by atoms with Crippen molar-refractivity contribution in [2.24, 2.45) is 0 Å². The van der Waals surface area contributed by atoms with E-state index in [1.807, 2.05) is 6.07 Å². The Labute approximate surface area is 104 Å². The van der Waals surface area contributed by atoms with Crippen molar-refractivity contribution in [1.82, 2.24) is 0 Å². The van der Waals surface area contributed by atoms with Crippen LogP contribution in [-0.4, -0.2) is 20.3 Å². The number of ether oxygens (including phenoxy) is 1. The van der Waals surface area contributed by atoms with Gasteiger partial charge in [0.25, 0.3) is 0 Å². The molecule has 0 aliphatic carbocycles. The predicted octanol–water partition coefficient (Wildman–Crippen LogP) is -0.300. The summed E-state index contributed by atoms with van der Waals surface area (Å²) in [5, 5.41) is 4.70. The van der Waals surface area contributed by atoms with E-state index >= 15 is 0 Å². The Morgan fingerprint density at radius 2 is 2.07 bits per heavy atom. The van der Waals surface area contributed by atoms with Crippen LogP contribution in [0.25, 0.3) is 5.32 Å². The molecule has 0 saturated carbocycles. The van der Waals surface area contributed by atoms with Crippen LogP contribution in [0.1, 0.15) is 18.4 Å². The Morgan fingerprint density at radius 1 is 1.33 bits per heavy atom. The zero-order valence-electron chi connectivity index (χ0n) is 9.57. The molecule has 76 valence electrons. The summed E-state index contributed by atoms with van der Waals surface area (Å²) in [6.07, 6.45) is 2.29. The molecule has 0 aromatic heterocycles. The van der Waals surface area contributed by atoms with E-state index in [0.29, 0.717) is 6.61 Å². The minimum atomic E-state index is -0.0595. The smallest absolute Gasteiger partial charge is 0.651 e. The normalized spacial score (nSPS) is 24.9. The third-order valence-electron chi connectivity index (χ3n) is 2.86. The van der Waals surface area contributed by atoms with Gasteiger partial charge in [-0.15, -0.1) is 6.54 Å². The van der Waals surface area contributed by atoms with E-state index in [2.05, 4.69) is 24.3 Å². The van der Waals surface area contributed by atoms with Crippen molar-refractivity contribution in [2.45, 2.75) is 18.4 Å². The van der Waals surface area contributed by atoms with Gasteiger partial charge in [0.2, 0.25) is 0 Å². The van der Waals surface area contributed by atoms with Gasteiger partial charge in [-0.2, -0.15) is 0 Å². The minimum absolute atomic E-state index is 0. The summed E-state index contributed by atoms with van der Waals surface area (Å²) < 4.78 is 5.29. The van der Waals surface area contributed by atoms with E-state index in [4.69, 9.17) is 10.1 Å². The monoisotopic (exact) mass is 197 g/mol. The standard InChI is InChI=1S/C12H16NO.Li/c1-14-10-12(8-5-9-13-12)11-6-3-2-4-7-11;/h2-4,6-7H,5,8-10H2,1H3;/q-1;+1/t12-;/m0./s1. The van der Waals surface area contributed by atoms with Crippen molar-refractivity contribution in [3.05, 3.63) is 41.2 Å². The van der Waals surface area contributed by atoms with Gasteiger partial charge in [0.05, 0.1) is 0 Å². The zero-order chi connectivity index (χ0) is 9.86. The summed E-state index contributed by atoms with van der Waals surface area (Å²) in [4.78, 5) is 0. The van der Waals surface area contributed by atoms with Gasteiger partial charge in [0.1, 0.15) is 0 Å². The predicted molar refractivity (Wildman–Crippen MR) is 57.5 cm³/mol. The van der Waals surface area contributed by atoms with Crippen molar-refractivity contribution in [1.29, 1.82) is 0 Å². The molecule has 1 aliphatic rings. The molecule has 15 heavy (non-hydrogen) atoms. The molecule has 0 bridgehead atoms. The van der Waals surface area contributed by atoms with Crippen molar-refractivity contribution in [3.63, 3.8) is 0 Å².